The number of fused-ring (bicyclic) bond motifs is 2. The third-order valence-electron chi connectivity index (χ3n) is 5.96. The van der Waals surface area contributed by atoms with Gasteiger partial charge in [0.15, 0.2) is 0 Å². The fourth-order valence-corrected chi connectivity index (χ4v) is 4.49. The van der Waals surface area contributed by atoms with Gasteiger partial charge >= 0.3 is 0 Å². The van der Waals surface area contributed by atoms with Crippen LogP contribution in [0.3, 0.4) is 0 Å². The van der Waals surface area contributed by atoms with Crippen molar-refractivity contribution < 1.29 is 0 Å². The fraction of sp³-hybridized carbons (Fsp3) is 0.318. The first-order chi connectivity index (χ1) is 13.3. The number of nitrogens with zero attached hydrogens (tertiary/aromatic N) is 4. The Morgan fingerprint density at radius 1 is 1.07 bits per heavy atom. The second-order valence-corrected chi connectivity index (χ2v) is 7.62. The van der Waals surface area contributed by atoms with Crippen molar-refractivity contribution in [3.63, 3.8) is 0 Å². The quantitative estimate of drug-likeness (QED) is 0.582. The summed E-state index contributed by atoms with van der Waals surface area (Å²) in [6.07, 6.45) is 11.6. The van der Waals surface area contributed by atoms with Crippen molar-refractivity contribution in [2.24, 2.45) is 5.92 Å². The van der Waals surface area contributed by atoms with Crippen LogP contribution in [-0.4, -0.2) is 19.5 Å². The Morgan fingerprint density at radius 3 is 3.00 bits per heavy atom. The lowest BCUT2D eigenvalue weighted by Gasteiger charge is -2.14. The molecule has 0 unspecified atom stereocenters. The minimum absolute atomic E-state index is 0.514. The molecule has 5 rings (SSSR count). The van der Waals surface area contributed by atoms with Crippen LogP contribution >= 0.6 is 0 Å². The molecule has 27 heavy (non-hydrogen) atoms. The summed E-state index contributed by atoms with van der Waals surface area (Å²) in [6.45, 7) is 0. The molecule has 1 saturated carbocycles. The third-order valence-corrected chi connectivity index (χ3v) is 5.96. The van der Waals surface area contributed by atoms with E-state index in [2.05, 4.69) is 50.0 Å². The van der Waals surface area contributed by atoms with E-state index in [1.807, 2.05) is 18.3 Å². The number of nitrogen functional groups attached to an aromatic ring is 1. The normalized spacial score (nSPS) is 19.9. The van der Waals surface area contributed by atoms with Crippen LogP contribution in [0.25, 0.3) is 21.9 Å². The Bertz CT molecular complexity index is 1100. The highest BCUT2D eigenvalue weighted by Gasteiger charge is 2.26. The summed E-state index contributed by atoms with van der Waals surface area (Å²) in [5.41, 5.74) is 9.42. The summed E-state index contributed by atoms with van der Waals surface area (Å²) < 4.78 is 2.30. The van der Waals surface area contributed by atoms with Crippen LogP contribution in [0, 0.1) is 5.92 Å². The molecule has 2 atom stereocenters. The SMILES string of the molecule is Nc1ncnc2c1ccn2[C@H]1CC[C@@H](CCc2ccc3cccnc3c2)C1. The number of anilines is 1. The molecule has 1 aliphatic carbocycles. The number of aromatic nitrogens is 4. The van der Waals surface area contributed by atoms with Gasteiger partial charge in [0, 0.05) is 23.8 Å². The van der Waals surface area contributed by atoms with Gasteiger partial charge < -0.3 is 10.3 Å². The van der Waals surface area contributed by atoms with Crippen LogP contribution in [0.4, 0.5) is 5.82 Å². The molecule has 0 aliphatic heterocycles. The Kier molecular flexibility index (Phi) is 4.00. The van der Waals surface area contributed by atoms with Gasteiger partial charge in [-0.25, -0.2) is 9.97 Å². The number of hydrogen-bond donors (Lipinski definition) is 1. The molecule has 1 aliphatic rings. The molecule has 0 spiro atoms. The predicted octanol–water partition coefficient (Wildman–Crippen LogP) is 4.54. The van der Waals surface area contributed by atoms with Gasteiger partial charge in [-0.05, 0) is 61.8 Å². The van der Waals surface area contributed by atoms with Crippen molar-refractivity contribution >= 4 is 27.8 Å². The molecule has 2 N–H and O–H groups in total. The number of benzene rings is 1. The highest BCUT2D eigenvalue weighted by atomic mass is 15.1. The standard InChI is InChI=1S/C22H23N5/c23-21-19-9-11-27(22(19)26-14-25-21)18-8-6-15(12-18)3-4-16-5-7-17-2-1-10-24-20(17)13-16/h1-2,5,7,9-11,13-15,18H,3-4,6,8,12H2,(H2,23,25,26)/t15-,18+/m1/s1. The summed E-state index contributed by atoms with van der Waals surface area (Å²) in [5.74, 6) is 1.32. The molecular weight excluding hydrogens is 334 g/mol. The molecule has 136 valence electrons. The largest absolute Gasteiger partial charge is 0.383 e. The zero-order valence-corrected chi connectivity index (χ0v) is 15.3. The van der Waals surface area contributed by atoms with Gasteiger partial charge in [0.25, 0.3) is 0 Å². The molecule has 0 saturated heterocycles. The van der Waals surface area contributed by atoms with Gasteiger partial charge in [-0.3, -0.25) is 4.98 Å². The average Bonchev–Trinajstić information content (AvgIpc) is 3.33. The zero-order valence-electron chi connectivity index (χ0n) is 15.3. The third kappa shape index (κ3) is 3.03. The van der Waals surface area contributed by atoms with Crippen LogP contribution in [0.5, 0.6) is 0 Å². The van der Waals surface area contributed by atoms with Gasteiger partial charge in [0.1, 0.15) is 17.8 Å². The summed E-state index contributed by atoms with van der Waals surface area (Å²) in [7, 11) is 0. The lowest BCUT2D eigenvalue weighted by molar-refractivity contribution is 0.461. The van der Waals surface area contributed by atoms with Crippen molar-refractivity contribution in [1.29, 1.82) is 0 Å². The molecular formula is C22H23N5. The van der Waals surface area contributed by atoms with E-state index in [4.69, 9.17) is 5.73 Å². The zero-order chi connectivity index (χ0) is 18.2. The van der Waals surface area contributed by atoms with E-state index in [9.17, 15) is 0 Å². The lowest BCUT2D eigenvalue weighted by atomic mass is 9.97. The molecule has 0 radical (unpaired) electrons. The summed E-state index contributed by atoms with van der Waals surface area (Å²) in [4.78, 5) is 13.0. The van der Waals surface area contributed by atoms with E-state index >= 15 is 0 Å². The van der Waals surface area contributed by atoms with Gasteiger partial charge in [-0.2, -0.15) is 0 Å². The fourth-order valence-electron chi connectivity index (χ4n) is 4.49. The average molecular weight is 357 g/mol. The molecule has 5 heteroatoms. The van der Waals surface area contributed by atoms with E-state index in [-0.39, 0.29) is 0 Å². The van der Waals surface area contributed by atoms with Crippen LogP contribution < -0.4 is 5.73 Å². The topological polar surface area (TPSA) is 69.6 Å². The molecule has 3 heterocycles. The maximum atomic E-state index is 5.98. The number of rotatable bonds is 4. The van der Waals surface area contributed by atoms with Crippen LogP contribution in [0.1, 0.15) is 37.3 Å². The van der Waals surface area contributed by atoms with Gasteiger partial charge in [-0.1, -0.05) is 18.2 Å². The maximum absolute atomic E-state index is 5.98. The van der Waals surface area contributed by atoms with E-state index in [0.717, 1.165) is 28.9 Å². The van der Waals surface area contributed by atoms with Crippen molar-refractivity contribution in [3.8, 4) is 0 Å². The Hall–Kier alpha value is -2.95. The van der Waals surface area contributed by atoms with E-state index in [0.29, 0.717) is 11.9 Å². The molecule has 4 aromatic rings. The van der Waals surface area contributed by atoms with E-state index < -0.39 is 0 Å². The molecule has 5 nitrogen and oxygen atoms in total. The maximum Gasteiger partial charge on any atom is 0.145 e. The molecule has 1 fully saturated rings. The highest BCUT2D eigenvalue weighted by molar-refractivity contribution is 5.86. The molecule has 0 bridgehead atoms. The second-order valence-electron chi connectivity index (χ2n) is 7.62. The van der Waals surface area contributed by atoms with Crippen molar-refractivity contribution in [2.45, 2.75) is 38.1 Å². The van der Waals surface area contributed by atoms with Crippen LogP contribution in [0.15, 0.2) is 55.1 Å². The Labute approximate surface area is 158 Å². The number of nitrogens with two attached hydrogens (primary N) is 1. The Balaban J connectivity index is 1.27. The minimum Gasteiger partial charge on any atom is -0.383 e. The molecule has 1 aromatic carbocycles. The molecule has 3 aromatic heterocycles. The monoisotopic (exact) mass is 357 g/mol. The first-order valence-corrected chi connectivity index (χ1v) is 9.68. The summed E-state index contributed by atoms with van der Waals surface area (Å²) >= 11 is 0. The number of pyridine rings is 1. The summed E-state index contributed by atoms with van der Waals surface area (Å²) in [5, 5.41) is 2.17. The van der Waals surface area contributed by atoms with Gasteiger partial charge in [0.2, 0.25) is 0 Å². The minimum atomic E-state index is 0.514. The summed E-state index contributed by atoms with van der Waals surface area (Å²) in [6, 6.07) is 13.3. The predicted molar refractivity (Wildman–Crippen MR) is 108 cm³/mol. The van der Waals surface area contributed by atoms with Crippen molar-refractivity contribution in [2.75, 3.05) is 5.73 Å². The smallest absolute Gasteiger partial charge is 0.145 e. The van der Waals surface area contributed by atoms with Gasteiger partial charge in [0.05, 0.1) is 10.9 Å². The van der Waals surface area contributed by atoms with Gasteiger partial charge in [-0.15, -0.1) is 0 Å². The van der Waals surface area contributed by atoms with E-state index in [1.54, 1.807) is 6.33 Å². The lowest BCUT2D eigenvalue weighted by Crippen LogP contribution is -2.06. The molecule has 0 amide bonds. The Morgan fingerprint density at radius 2 is 2.04 bits per heavy atom. The number of aryl methyl sites for hydroxylation is 1. The number of hydrogen-bond acceptors (Lipinski definition) is 4. The first-order valence-electron chi connectivity index (χ1n) is 9.68. The highest BCUT2D eigenvalue weighted by Crippen LogP contribution is 2.39. The van der Waals surface area contributed by atoms with Crippen LogP contribution in [0.2, 0.25) is 0 Å². The second kappa shape index (κ2) is 6.65. The first kappa shape index (κ1) is 16.2. The van der Waals surface area contributed by atoms with Crippen molar-refractivity contribution in [1.82, 2.24) is 19.5 Å². The van der Waals surface area contributed by atoms with Crippen molar-refractivity contribution in [3.05, 3.63) is 60.7 Å². The van der Waals surface area contributed by atoms with Crippen LogP contribution in [-0.2, 0) is 6.42 Å². The van der Waals surface area contributed by atoms with E-state index in [1.165, 1.54) is 36.6 Å².